The summed E-state index contributed by atoms with van der Waals surface area (Å²) in [6.45, 7) is 16.7. The minimum absolute atomic E-state index is 0.0522. The number of allylic oxidation sites excluding steroid dienone is 1. The summed E-state index contributed by atoms with van der Waals surface area (Å²) in [5.41, 5.74) is 1.86. The summed E-state index contributed by atoms with van der Waals surface area (Å²) in [4.78, 5) is 13.3. The van der Waals surface area contributed by atoms with Crippen molar-refractivity contribution in [1.29, 1.82) is 0 Å². The number of rotatable bonds is 2. The van der Waals surface area contributed by atoms with Gasteiger partial charge in [-0.25, -0.2) is 0 Å². The molecule has 0 aromatic carbocycles. The van der Waals surface area contributed by atoms with E-state index in [1.807, 2.05) is 0 Å². The number of ether oxygens (including phenoxy) is 1. The zero-order valence-electron chi connectivity index (χ0n) is 22.1. The van der Waals surface area contributed by atoms with Crippen molar-refractivity contribution in [1.82, 2.24) is 0 Å². The van der Waals surface area contributed by atoms with Crippen LogP contribution < -0.4 is 0 Å². The van der Waals surface area contributed by atoms with Crippen molar-refractivity contribution >= 4 is 5.97 Å². The van der Waals surface area contributed by atoms with E-state index >= 15 is 0 Å². The zero-order valence-corrected chi connectivity index (χ0v) is 22.1. The van der Waals surface area contributed by atoms with Crippen molar-refractivity contribution in [2.24, 2.45) is 57.2 Å². The van der Waals surface area contributed by atoms with Gasteiger partial charge in [-0.15, -0.1) is 0 Å². The van der Waals surface area contributed by atoms with Crippen LogP contribution in [0.15, 0.2) is 12.2 Å². The third-order valence-corrected chi connectivity index (χ3v) is 13.2. The molecule has 0 heterocycles. The second kappa shape index (κ2) is 7.58. The summed E-state index contributed by atoms with van der Waals surface area (Å²) in [7, 11) is 1.59. The number of aliphatic hydroxyl groups excluding tert-OH is 1. The molecule has 1 N–H and O–H groups in total. The van der Waals surface area contributed by atoms with Gasteiger partial charge < -0.3 is 9.84 Å². The Kier molecular flexibility index (Phi) is 5.49. The first-order chi connectivity index (χ1) is 15.5. The van der Waals surface area contributed by atoms with E-state index < -0.39 is 0 Å². The second-order valence-electron chi connectivity index (χ2n) is 13.9. The number of aliphatic hydroxyl groups is 1. The van der Waals surface area contributed by atoms with E-state index in [2.05, 4.69) is 41.2 Å². The Morgan fingerprint density at radius 3 is 2.30 bits per heavy atom. The second-order valence-corrected chi connectivity index (χ2v) is 13.9. The fraction of sp³-hybridized carbons (Fsp3) is 0.900. The Labute approximate surface area is 202 Å². The number of hydrogen-bond acceptors (Lipinski definition) is 3. The van der Waals surface area contributed by atoms with Gasteiger partial charge in [0.25, 0.3) is 0 Å². The highest BCUT2D eigenvalue weighted by molar-refractivity contribution is 5.78. The van der Waals surface area contributed by atoms with Crippen molar-refractivity contribution in [2.45, 2.75) is 105 Å². The summed E-state index contributed by atoms with van der Waals surface area (Å²) in [6.07, 6.45) is 11.3. The highest BCUT2D eigenvalue weighted by Gasteiger charge is 2.71. The molecule has 0 aromatic rings. The molecular formula is C30H48O3. The van der Waals surface area contributed by atoms with Crippen LogP contribution in [0.5, 0.6) is 0 Å². The molecule has 0 amide bonds. The Morgan fingerprint density at radius 2 is 1.64 bits per heavy atom. The van der Waals surface area contributed by atoms with Gasteiger partial charge in [-0.3, -0.25) is 4.79 Å². The quantitative estimate of drug-likeness (QED) is 0.368. The van der Waals surface area contributed by atoms with Crippen molar-refractivity contribution in [3.8, 4) is 0 Å². The molecule has 33 heavy (non-hydrogen) atoms. The number of methoxy groups -OCH3 is 1. The van der Waals surface area contributed by atoms with Crippen molar-refractivity contribution in [3.63, 3.8) is 0 Å². The minimum atomic E-state index is -0.295. The average molecular weight is 457 g/mol. The Balaban J connectivity index is 1.56. The fourth-order valence-corrected chi connectivity index (χ4v) is 11.3. The molecule has 3 heteroatoms. The number of carbonyl (C=O) groups is 1. The van der Waals surface area contributed by atoms with Gasteiger partial charge in [0.15, 0.2) is 0 Å². The molecule has 5 fully saturated rings. The number of hydrogen-bond donors (Lipinski definition) is 1. The van der Waals surface area contributed by atoms with Crippen LogP contribution in [0.1, 0.15) is 98.8 Å². The topological polar surface area (TPSA) is 46.5 Å². The molecule has 0 radical (unpaired) electrons. The van der Waals surface area contributed by atoms with Gasteiger partial charge in [-0.05, 0) is 123 Å². The summed E-state index contributed by atoms with van der Waals surface area (Å²) < 4.78 is 5.48. The van der Waals surface area contributed by atoms with E-state index in [4.69, 9.17) is 4.74 Å². The number of esters is 1. The maximum absolute atomic E-state index is 13.3. The molecule has 0 aliphatic heterocycles. The lowest BCUT2D eigenvalue weighted by Gasteiger charge is -2.71. The van der Waals surface area contributed by atoms with Gasteiger partial charge in [0.2, 0.25) is 0 Å². The summed E-state index contributed by atoms with van der Waals surface area (Å²) >= 11 is 0. The predicted octanol–water partition coefficient (Wildman–Crippen LogP) is 6.79. The third-order valence-electron chi connectivity index (χ3n) is 13.2. The molecule has 5 unspecified atom stereocenters. The van der Waals surface area contributed by atoms with E-state index in [-0.39, 0.29) is 22.9 Å². The Morgan fingerprint density at radius 1 is 0.909 bits per heavy atom. The first-order valence-electron chi connectivity index (χ1n) is 13.9. The molecular weight excluding hydrogens is 408 g/mol. The number of fused-ring (bicyclic) bond motifs is 7. The summed E-state index contributed by atoms with van der Waals surface area (Å²) in [5, 5.41) is 10.7. The molecule has 5 rings (SSSR count). The summed E-state index contributed by atoms with van der Waals surface area (Å²) in [5.74, 6) is 3.24. The largest absolute Gasteiger partial charge is 0.469 e. The van der Waals surface area contributed by atoms with Crippen molar-refractivity contribution < 1.29 is 14.6 Å². The van der Waals surface area contributed by atoms with Gasteiger partial charge in [-0.2, -0.15) is 0 Å². The predicted molar refractivity (Wildman–Crippen MR) is 132 cm³/mol. The molecule has 3 nitrogen and oxygen atoms in total. The van der Waals surface area contributed by atoms with Gasteiger partial charge in [-0.1, -0.05) is 39.8 Å². The molecule has 186 valence electrons. The molecule has 5 aliphatic carbocycles. The van der Waals surface area contributed by atoms with Crippen LogP contribution in [0, 0.1) is 57.2 Å². The van der Waals surface area contributed by atoms with Crippen LogP contribution in [-0.2, 0) is 9.53 Å². The van der Waals surface area contributed by atoms with Crippen molar-refractivity contribution in [3.05, 3.63) is 12.2 Å². The molecule has 0 aromatic heterocycles. The van der Waals surface area contributed by atoms with Crippen LogP contribution in [0.25, 0.3) is 0 Å². The average Bonchev–Trinajstić information content (AvgIpc) is 3.18. The molecule has 5 saturated carbocycles. The molecule has 0 bridgehead atoms. The van der Waals surface area contributed by atoms with Crippen LogP contribution in [0.2, 0.25) is 0 Å². The lowest BCUT2D eigenvalue weighted by molar-refractivity contribution is -0.237. The van der Waals surface area contributed by atoms with Crippen LogP contribution in [0.4, 0.5) is 0 Å². The fourth-order valence-electron chi connectivity index (χ4n) is 11.3. The van der Waals surface area contributed by atoms with Gasteiger partial charge in [0.05, 0.1) is 18.6 Å². The molecule has 5 aliphatic rings. The van der Waals surface area contributed by atoms with E-state index in [0.29, 0.717) is 40.4 Å². The summed E-state index contributed by atoms with van der Waals surface area (Å²) in [6, 6.07) is 0. The smallest absolute Gasteiger partial charge is 0.312 e. The monoisotopic (exact) mass is 456 g/mol. The maximum atomic E-state index is 13.3. The van der Waals surface area contributed by atoms with E-state index in [0.717, 1.165) is 38.0 Å². The lowest BCUT2D eigenvalue weighted by Crippen LogP contribution is -2.66. The van der Waals surface area contributed by atoms with Gasteiger partial charge in [0.1, 0.15) is 0 Å². The normalized spacial score (nSPS) is 55.5. The first kappa shape index (κ1) is 23.9. The van der Waals surface area contributed by atoms with Gasteiger partial charge in [0, 0.05) is 0 Å². The van der Waals surface area contributed by atoms with Crippen molar-refractivity contribution in [2.75, 3.05) is 7.11 Å². The lowest BCUT2D eigenvalue weighted by atomic mass is 9.33. The van der Waals surface area contributed by atoms with Crippen LogP contribution in [0.3, 0.4) is 0 Å². The maximum Gasteiger partial charge on any atom is 0.312 e. The highest BCUT2D eigenvalue weighted by Crippen LogP contribution is 2.76. The van der Waals surface area contributed by atoms with E-state index in [1.165, 1.54) is 37.7 Å². The van der Waals surface area contributed by atoms with E-state index in [9.17, 15) is 9.90 Å². The zero-order chi connectivity index (χ0) is 24.0. The first-order valence-corrected chi connectivity index (χ1v) is 13.9. The van der Waals surface area contributed by atoms with Gasteiger partial charge >= 0.3 is 5.97 Å². The standard InChI is InChI=1S/C30H48O3/c1-18(2)20-10-15-30(26(32)33-7)17-16-28(5)22(25(20)30)8-9-24-27(4)13-12-23(31)19(3)21(27)11-14-29(24,28)6/h19-25,31H,1,8-17H2,2-7H3/t19-,20?,21?,22?,23+,24?,25?,27+,28-,29-,30+/m1/s1. The molecule has 11 atom stereocenters. The van der Waals surface area contributed by atoms with Crippen LogP contribution >= 0.6 is 0 Å². The Hall–Kier alpha value is -0.830. The SMILES string of the molecule is C=C(C)C1CC[C@]2(C(=O)OC)CC[C@]3(C)C(CCC4[C@@]5(C)CC[C@H](O)[C@H](C)C5CC[C@]43C)C12. The number of carbonyl (C=O) groups excluding carboxylic acids is 1. The Bertz CT molecular complexity index is 834. The minimum Gasteiger partial charge on any atom is -0.469 e. The third kappa shape index (κ3) is 2.87. The van der Waals surface area contributed by atoms with Crippen LogP contribution in [-0.4, -0.2) is 24.3 Å². The van der Waals surface area contributed by atoms with E-state index in [1.54, 1.807) is 7.11 Å². The highest BCUT2D eigenvalue weighted by atomic mass is 16.5. The molecule has 0 spiro atoms. The molecule has 0 saturated heterocycles.